The highest BCUT2D eigenvalue weighted by atomic mass is 16.4. The number of aliphatic hydroxyl groups is 1. The van der Waals surface area contributed by atoms with Gasteiger partial charge in [-0.05, 0) is 18.8 Å². The van der Waals surface area contributed by atoms with E-state index in [0.717, 1.165) is 12.8 Å². The van der Waals surface area contributed by atoms with E-state index in [-0.39, 0.29) is 6.54 Å². The van der Waals surface area contributed by atoms with E-state index in [2.05, 4.69) is 5.32 Å². The fraction of sp³-hybridized carbons (Fsp3) is 0.750. The molecule has 0 aromatic carbocycles. The van der Waals surface area contributed by atoms with Gasteiger partial charge in [0.15, 0.2) is 0 Å². The summed E-state index contributed by atoms with van der Waals surface area (Å²) in [6, 6.07) is 0. The zero-order valence-electron chi connectivity index (χ0n) is 7.19. The highest BCUT2D eigenvalue weighted by Gasteiger charge is 2.29. The molecule has 1 fully saturated rings. The highest BCUT2D eigenvalue weighted by Crippen LogP contribution is 2.32. The molecule has 13 heavy (non-hydrogen) atoms. The van der Waals surface area contributed by atoms with E-state index in [1.165, 1.54) is 0 Å². The minimum absolute atomic E-state index is 0.163. The Balaban J connectivity index is 2.10. The second-order valence-corrected chi connectivity index (χ2v) is 3.28. The molecule has 1 atom stereocenters. The third kappa shape index (κ3) is 3.89. The molecule has 1 unspecified atom stereocenters. The van der Waals surface area contributed by atoms with Crippen LogP contribution in [0.15, 0.2) is 0 Å². The van der Waals surface area contributed by atoms with Gasteiger partial charge in [-0.2, -0.15) is 0 Å². The lowest BCUT2D eigenvalue weighted by molar-refractivity contribution is -0.140. The first-order chi connectivity index (χ1) is 6.09. The summed E-state index contributed by atoms with van der Waals surface area (Å²) in [4.78, 5) is 20.9. The molecule has 1 saturated carbocycles. The van der Waals surface area contributed by atoms with Gasteiger partial charge in [0, 0.05) is 6.54 Å². The van der Waals surface area contributed by atoms with Gasteiger partial charge in [-0.3, -0.25) is 9.59 Å². The first-order valence-corrected chi connectivity index (χ1v) is 4.26. The smallest absolute Gasteiger partial charge is 0.312 e. The molecule has 74 valence electrons. The standard InChI is InChI=1S/C8H13NO4/c10-6(5-1-2-5)4-9-7(11)3-8(12)13/h5-6,10H,1-4H2,(H,9,11)(H,12,13). The summed E-state index contributed by atoms with van der Waals surface area (Å²) >= 11 is 0. The SMILES string of the molecule is O=C(O)CC(=O)NCC(O)C1CC1. The van der Waals surface area contributed by atoms with Crippen molar-refractivity contribution in [3.63, 3.8) is 0 Å². The quantitative estimate of drug-likeness (QED) is 0.499. The van der Waals surface area contributed by atoms with E-state index in [1.807, 2.05) is 0 Å². The Bertz CT molecular complexity index is 212. The van der Waals surface area contributed by atoms with Crippen molar-refractivity contribution in [1.82, 2.24) is 5.32 Å². The van der Waals surface area contributed by atoms with E-state index in [4.69, 9.17) is 5.11 Å². The van der Waals surface area contributed by atoms with Crippen molar-refractivity contribution in [1.29, 1.82) is 0 Å². The fourth-order valence-corrected chi connectivity index (χ4v) is 1.07. The molecule has 3 N–H and O–H groups in total. The molecule has 0 heterocycles. The average molecular weight is 187 g/mol. The van der Waals surface area contributed by atoms with Crippen LogP contribution in [-0.4, -0.2) is 34.7 Å². The van der Waals surface area contributed by atoms with Crippen LogP contribution in [0.5, 0.6) is 0 Å². The second-order valence-electron chi connectivity index (χ2n) is 3.28. The van der Waals surface area contributed by atoms with Gasteiger partial charge < -0.3 is 15.5 Å². The number of aliphatic hydroxyl groups excluding tert-OH is 1. The third-order valence-electron chi connectivity index (χ3n) is 1.99. The van der Waals surface area contributed by atoms with Crippen molar-refractivity contribution in [2.75, 3.05) is 6.54 Å². The number of carboxylic acids is 1. The van der Waals surface area contributed by atoms with Crippen LogP contribution in [0, 0.1) is 5.92 Å². The van der Waals surface area contributed by atoms with E-state index in [0.29, 0.717) is 5.92 Å². The Hall–Kier alpha value is -1.10. The lowest BCUT2D eigenvalue weighted by Crippen LogP contribution is -2.34. The van der Waals surface area contributed by atoms with Crippen LogP contribution in [0.25, 0.3) is 0 Å². The van der Waals surface area contributed by atoms with Gasteiger partial charge in [-0.15, -0.1) is 0 Å². The van der Waals surface area contributed by atoms with Crippen LogP contribution in [0.4, 0.5) is 0 Å². The van der Waals surface area contributed by atoms with Crippen molar-refractivity contribution in [3.05, 3.63) is 0 Å². The number of carbonyl (C=O) groups excluding carboxylic acids is 1. The molecule has 1 rings (SSSR count). The Morgan fingerprint density at radius 2 is 2.08 bits per heavy atom. The van der Waals surface area contributed by atoms with Crippen LogP contribution >= 0.6 is 0 Å². The molecular weight excluding hydrogens is 174 g/mol. The number of rotatable bonds is 5. The summed E-state index contributed by atoms with van der Waals surface area (Å²) in [5.41, 5.74) is 0. The number of hydrogen-bond donors (Lipinski definition) is 3. The maximum absolute atomic E-state index is 10.8. The molecule has 5 nitrogen and oxygen atoms in total. The zero-order chi connectivity index (χ0) is 9.84. The Labute approximate surface area is 75.7 Å². The van der Waals surface area contributed by atoms with Crippen LogP contribution in [0.3, 0.4) is 0 Å². The van der Waals surface area contributed by atoms with Crippen molar-refractivity contribution < 1.29 is 19.8 Å². The van der Waals surface area contributed by atoms with Crippen molar-refractivity contribution in [3.8, 4) is 0 Å². The van der Waals surface area contributed by atoms with E-state index in [9.17, 15) is 14.7 Å². The molecule has 1 aliphatic carbocycles. The van der Waals surface area contributed by atoms with Crippen LogP contribution in [-0.2, 0) is 9.59 Å². The van der Waals surface area contributed by atoms with Crippen LogP contribution < -0.4 is 5.32 Å². The van der Waals surface area contributed by atoms with E-state index >= 15 is 0 Å². The lowest BCUT2D eigenvalue weighted by Gasteiger charge is -2.09. The molecule has 0 aromatic rings. The normalized spacial score (nSPS) is 17.9. The third-order valence-corrected chi connectivity index (χ3v) is 1.99. The molecule has 0 aliphatic heterocycles. The van der Waals surface area contributed by atoms with Gasteiger partial charge in [-0.1, -0.05) is 0 Å². The Kier molecular flexibility index (Phi) is 3.25. The molecule has 0 bridgehead atoms. The molecule has 0 saturated heterocycles. The molecule has 0 aromatic heterocycles. The fourth-order valence-electron chi connectivity index (χ4n) is 1.07. The summed E-state index contributed by atoms with van der Waals surface area (Å²) in [5, 5.41) is 19.9. The number of carbonyl (C=O) groups is 2. The predicted octanol–water partition coefficient (Wildman–Crippen LogP) is -0.652. The van der Waals surface area contributed by atoms with Crippen molar-refractivity contribution in [2.45, 2.75) is 25.4 Å². The minimum atomic E-state index is -1.15. The average Bonchev–Trinajstić information content (AvgIpc) is 2.80. The van der Waals surface area contributed by atoms with Crippen molar-refractivity contribution >= 4 is 11.9 Å². The highest BCUT2D eigenvalue weighted by molar-refractivity contribution is 5.93. The largest absolute Gasteiger partial charge is 0.481 e. The maximum atomic E-state index is 10.8. The molecule has 1 aliphatic rings. The first kappa shape index (κ1) is 9.98. The van der Waals surface area contributed by atoms with Gasteiger partial charge >= 0.3 is 5.97 Å². The molecule has 0 spiro atoms. The Morgan fingerprint density at radius 3 is 2.54 bits per heavy atom. The summed E-state index contributed by atoms with van der Waals surface area (Å²) in [6.45, 7) is 0.163. The first-order valence-electron chi connectivity index (χ1n) is 4.26. The van der Waals surface area contributed by atoms with Gasteiger partial charge in [-0.25, -0.2) is 0 Å². The van der Waals surface area contributed by atoms with E-state index < -0.39 is 24.4 Å². The molecule has 1 amide bonds. The summed E-state index contributed by atoms with van der Waals surface area (Å²) in [6.07, 6.45) is 0.946. The monoisotopic (exact) mass is 187 g/mol. The van der Waals surface area contributed by atoms with Crippen molar-refractivity contribution in [2.24, 2.45) is 5.92 Å². The predicted molar refractivity (Wildman–Crippen MR) is 44.0 cm³/mol. The van der Waals surface area contributed by atoms with E-state index in [1.54, 1.807) is 0 Å². The number of aliphatic carboxylic acids is 1. The molecule has 0 radical (unpaired) electrons. The van der Waals surface area contributed by atoms with Gasteiger partial charge in [0.25, 0.3) is 0 Å². The number of carboxylic acid groups (broad SMARTS) is 1. The number of hydrogen-bond acceptors (Lipinski definition) is 3. The summed E-state index contributed by atoms with van der Waals surface area (Å²) < 4.78 is 0. The summed E-state index contributed by atoms with van der Waals surface area (Å²) in [7, 11) is 0. The van der Waals surface area contributed by atoms with Crippen LogP contribution in [0.1, 0.15) is 19.3 Å². The molecular formula is C8H13NO4. The second kappa shape index (κ2) is 4.23. The lowest BCUT2D eigenvalue weighted by atomic mass is 10.2. The maximum Gasteiger partial charge on any atom is 0.312 e. The number of amides is 1. The number of nitrogens with one attached hydrogen (secondary N) is 1. The Morgan fingerprint density at radius 1 is 1.46 bits per heavy atom. The topological polar surface area (TPSA) is 86.6 Å². The summed E-state index contributed by atoms with van der Waals surface area (Å²) in [5.74, 6) is -1.41. The van der Waals surface area contributed by atoms with Gasteiger partial charge in [0.2, 0.25) is 5.91 Å². The minimum Gasteiger partial charge on any atom is -0.481 e. The van der Waals surface area contributed by atoms with Gasteiger partial charge in [0.05, 0.1) is 6.10 Å². The molecule has 5 heteroatoms. The van der Waals surface area contributed by atoms with Crippen LogP contribution in [0.2, 0.25) is 0 Å². The van der Waals surface area contributed by atoms with Gasteiger partial charge in [0.1, 0.15) is 6.42 Å². The zero-order valence-corrected chi connectivity index (χ0v) is 7.19.